The summed E-state index contributed by atoms with van der Waals surface area (Å²) < 4.78 is 63.9. The number of nitrogens with one attached hydrogen (secondary N) is 11. The Morgan fingerprint density at radius 1 is 0.785 bits per heavy atom. The highest BCUT2D eigenvalue weighted by Crippen LogP contribution is 2.39. The molecule has 0 radical (unpaired) electrons. The Bertz CT molecular complexity index is 4510. The van der Waals surface area contributed by atoms with Gasteiger partial charge in [0.2, 0.25) is 65.0 Å². The van der Waals surface area contributed by atoms with Gasteiger partial charge in [-0.25, -0.2) is 14.8 Å². The number of rotatable bonds is 32. The lowest BCUT2D eigenvalue weighted by atomic mass is 9.91. The molecule has 13 amide bonds. The standard InChI is InChI=1S/C78H114N16O23S4/c1-8-43(3)65-72(106)83-38-63(100)86-58-42-120(111)75-50(36-56(69(103)82-39-64(101)90-65)87-73(107)66(44(4)60(97)41-95)92-71(105)59-34-47(96)40-94(59)76(109)57(37-61(79)98)88-70(58)104)49-20-19-48(35-53(49)89-75)117-77(110)93(7)25-30-118-119-78(5,6)67(74(108)81-24-31-121(112,113)114)91-62(99)22-26-115-28-29-116-27-23-80-68(102)46-18-21-52-55(33-46)85-54(51(9-2)84-52)32-45-16-14-12-10-11-13-15-17-45/h18-21,33,35,43-45,47,56-60,65-67,89,95-97H,8-17,22-32,34,36-42H2,1-7H3,(H2,79,98)(H,80,102)(H,81,108)(H,82,103)(H,83,106)(H,86,100)(H,87,107)(H,88,104)(H,90,101)(H,91,99)(H,92,105)(H,112,113,114)/t43-,44-,47+,56+,57-,58-,59-,60-,65-,66-,67?,120?/m0/s1. The van der Waals surface area contributed by atoms with E-state index in [1.807, 2.05) is 6.07 Å². The van der Waals surface area contributed by atoms with Crippen LogP contribution in [0.5, 0.6) is 5.75 Å². The van der Waals surface area contributed by atoms with Gasteiger partial charge in [0.05, 0.1) is 115 Å². The molecule has 43 heteroatoms. The Hall–Kier alpha value is -9.21. The fourth-order valence-electron chi connectivity index (χ4n) is 14.4. The first-order valence-electron chi connectivity index (χ1n) is 40.6. The van der Waals surface area contributed by atoms with Crippen molar-refractivity contribution < 1.29 is 109 Å². The fraction of sp³-hybridized carbons (Fsp3) is 0.628. The van der Waals surface area contributed by atoms with Crippen LogP contribution in [0.3, 0.4) is 0 Å². The monoisotopic (exact) mass is 1770 g/mol. The van der Waals surface area contributed by atoms with Gasteiger partial charge in [-0.2, -0.15) is 8.42 Å². The molecule has 2 aromatic heterocycles. The number of ether oxygens (including phenoxy) is 3. The number of hydrogen-bond donors (Lipinski definition) is 16. The van der Waals surface area contributed by atoms with Crippen LogP contribution in [0.1, 0.15) is 146 Å². The van der Waals surface area contributed by atoms with E-state index in [0.29, 0.717) is 23.4 Å². The number of nitrogens with zero attached hydrogens (tertiary/aromatic N) is 4. The van der Waals surface area contributed by atoms with E-state index in [1.54, 1.807) is 39.8 Å². The number of amides is 13. The van der Waals surface area contributed by atoms with Crippen molar-refractivity contribution in [1.82, 2.24) is 77.9 Å². The lowest BCUT2D eigenvalue weighted by molar-refractivity contribution is -0.144. The van der Waals surface area contributed by atoms with Crippen LogP contribution in [-0.2, 0) is 102 Å². The van der Waals surface area contributed by atoms with Crippen LogP contribution >= 0.6 is 21.6 Å². The number of primary amides is 1. The van der Waals surface area contributed by atoms with Crippen LogP contribution in [0.2, 0.25) is 0 Å². The van der Waals surface area contributed by atoms with Crippen molar-refractivity contribution in [3.63, 3.8) is 0 Å². The van der Waals surface area contributed by atoms with Gasteiger partial charge in [-0.05, 0) is 74.4 Å². The van der Waals surface area contributed by atoms with Crippen molar-refractivity contribution in [2.75, 3.05) is 96.6 Å². The zero-order valence-electron chi connectivity index (χ0n) is 68.9. The van der Waals surface area contributed by atoms with Gasteiger partial charge in [-0.15, -0.1) is 0 Å². The summed E-state index contributed by atoms with van der Waals surface area (Å²) in [5.74, 6) is -14.7. The molecule has 8 rings (SSSR count). The maximum atomic E-state index is 15.3. The smallest absolute Gasteiger partial charge is 0.410 e. The second kappa shape index (κ2) is 46.3. The van der Waals surface area contributed by atoms with Crippen molar-refractivity contribution in [2.45, 2.75) is 202 Å². The van der Waals surface area contributed by atoms with Gasteiger partial charge >= 0.3 is 6.09 Å². The Labute approximate surface area is 711 Å². The summed E-state index contributed by atoms with van der Waals surface area (Å²) in [4.78, 5) is 197. The third kappa shape index (κ3) is 29.0. The first-order chi connectivity index (χ1) is 57.5. The molecule has 3 aliphatic heterocycles. The van der Waals surface area contributed by atoms with Crippen molar-refractivity contribution in [2.24, 2.45) is 23.5 Å². The fourth-order valence-corrected chi connectivity index (χ4v) is 18.8. The highest BCUT2D eigenvalue weighted by molar-refractivity contribution is 8.77. The number of aliphatic hydroxyl groups excluding tert-OH is 3. The molecule has 2 aromatic carbocycles. The number of benzene rings is 2. The number of nitrogens with two attached hydrogens (primary N) is 1. The summed E-state index contributed by atoms with van der Waals surface area (Å²) in [6.45, 7) is 6.69. The van der Waals surface area contributed by atoms with Crippen molar-refractivity contribution in [3.05, 3.63) is 58.9 Å². The number of aryl methyl sites for hydroxylation is 1. The normalized spacial score (nSPS) is 22.2. The number of aromatic amines is 1. The number of H-pyrrole nitrogens is 1. The lowest BCUT2D eigenvalue weighted by Crippen LogP contribution is -2.62. The maximum Gasteiger partial charge on any atom is 0.414 e. The molecule has 4 aliphatic rings. The van der Waals surface area contributed by atoms with Gasteiger partial charge < -0.3 is 103 Å². The first-order valence-corrected chi connectivity index (χ1v) is 45.9. The minimum atomic E-state index is -4.50. The van der Waals surface area contributed by atoms with E-state index >= 15 is 4.21 Å². The third-order valence-corrected chi connectivity index (χ3v) is 26.9. The molecule has 1 saturated carbocycles. The molecule has 1 saturated heterocycles. The molecule has 39 nitrogen and oxygen atoms in total. The molecule has 17 N–H and O–H groups in total. The second-order valence-electron chi connectivity index (χ2n) is 31.2. The van der Waals surface area contributed by atoms with Gasteiger partial charge in [-0.1, -0.05) is 107 Å². The average molecular weight is 1770 g/mol. The van der Waals surface area contributed by atoms with E-state index in [2.05, 4.69) is 65.1 Å². The highest BCUT2D eigenvalue weighted by Gasteiger charge is 2.46. The van der Waals surface area contributed by atoms with Crippen molar-refractivity contribution in [1.29, 1.82) is 0 Å². The highest BCUT2D eigenvalue weighted by atomic mass is 33.1. The van der Waals surface area contributed by atoms with E-state index in [0.717, 1.165) is 45.4 Å². The second-order valence-corrected chi connectivity index (χ2v) is 37.3. The molecule has 668 valence electrons. The van der Waals surface area contributed by atoms with E-state index < -0.39 is 227 Å². The average Bonchev–Trinajstić information content (AvgIpc) is 1.59. The molecule has 0 spiro atoms. The van der Waals surface area contributed by atoms with Gasteiger partial charge in [0.1, 0.15) is 53.1 Å². The van der Waals surface area contributed by atoms with Crippen molar-refractivity contribution in [3.8, 4) is 5.75 Å². The van der Waals surface area contributed by atoms with Gasteiger partial charge in [0.25, 0.3) is 16.0 Å². The van der Waals surface area contributed by atoms with Gasteiger partial charge in [-0.3, -0.25) is 66.3 Å². The van der Waals surface area contributed by atoms with Gasteiger partial charge in [0, 0.05) is 85.9 Å². The van der Waals surface area contributed by atoms with Crippen LogP contribution in [-0.4, -0.2) is 290 Å². The largest absolute Gasteiger partial charge is 0.414 e. The predicted octanol–water partition coefficient (Wildman–Crippen LogP) is -0.894. The van der Waals surface area contributed by atoms with E-state index in [-0.39, 0.29) is 84.8 Å². The minimum Gasteiger partial charge on any atom is -0.410 e. The predicted molar refractivity (Wildman–Crippen MR) is 446 cm³/mol. The Kier molecular flexibility index (Phi) is 37.2. The van der Waals surface area contributed by atoms with E-state index in [1.165, 1.54) is 99.2 Å². The Morgan fingerprint density at radius 2 is 1.46 bits per heavy atom. The summed E-state index contributed by atoms with van der Waals surface area (Å²) in [6.07, 6.45) is 5.47. The number of carbonyl (C=O) groups is 13. The molecule has 12 atom stereocenters. The summed E-state index contributed by atoms with van der Waals surface area (Å²) in [5.41, 5.74) is 9.43. The number of aliphatic hydroxyl groups is 3. The van der Waals surface area contributed by atoms with Crippen molar-refractivity contribution >= 4 is 141 Å². The zero-order valence-corrected chi connectivity index (χ0v) is 72.2. The molecule has 2 fully saturated rings. The first kappa shape index (κ1) is 97.2. The SMILES string of the molecule is CCc1nc2ccc(C(=O)NCCOCCOCCC(=O)NC(C(=O)NCCS(=O)(=O)O)C(C)(C)SSCCN(C)C(=O)Oc3ccc4c5c([nH]c4c3)S(=O)C[C@@H]3NC(=O)CNC(=O)[C@H]([C@@H](C)CC)NC(=O)CNC(=O)[C@@H](C5)NC(=O)[C@H]([C@@H](C)[C@@H](O)CO)NC(=O)[C@@H]4C[C@@H](O)CN4C(=O)[C@H](CC(N)=O)NC3=O)cc2nc1CC1CCCCCCCC1. The molecule has 121 heavy (non-hydrogen) atoms. The zero-order chi connectivity index (χ0) is 88.4. The molecule has 2 unspecified atom stereocenters. The third-order valence-electron chi connectivity index (χ3n) is 21.5. The van der Waals surface area contributed by atoms with Gasteiger partial charge in [0.15, 0.2) is 0 Å². The van der Waals surface area contributed by atoms with Crippen LogP contribution in [0.4, 0.5) is 4.79 Å². The molecular formula is C78H114N16O23S4. The number of fused-ring (bicyclic) bond motifs is 6. The summed E-state index contributed by atoms with van der Waals surface area (Å²) in [7, 11) is -3.32. The van der Waals surface area contributed by atoms with E-state index in [9.17, 15) is 90.6 Å². The Balaban J connectivity index is 0.935. The van der Waals surface area contributed by atoms with Crippen LogP contribution in [0, 0.1) is 17.8 Å². The van der Waals surface area contributed by atoms with E-state index in [4.69, 9.17) is 29.9 Å². The lowest BCUT2D eigenvalue weighted by Gasteiger charge is -2.33. The number of aromatic nitrogens is 3. The summed E-state index contributed by atoms with van der Waals surface area (Å²) >= 11 is 0. The topological polar surface area (TPSA) is 576 Å². The molecule has 5 heterocycles. The molecular weight excluding hydrogens is 1660 g/mol. The minimum absolute atomic E-state index is 0.00540. The van der Waals surface area contributed by atoms with Crippen LogP contribution in [0.15, 0.2) is 41.4 Å². The van der Waals surface area contributed by atoms with Crippen LogP contribution < -0.4 is 63.6 Å². The summed E-state index contributed by atoms with van der Waals surface area (Å²) in [6, 6.07) is -2.61. The Morgan fingerprint density at radius 3 is 2.14 bits per heavy atom. The maximum absolute atomic E-state index is 15.3. The molecule has 4 aromatic rings. The summed E-state index contributed by atoms with van der Waals surface area (Å²) in [5, 5.41) is 57.1. The molecule has 1 aliphatic carbocycles. The molecule has 2 bridgehead atoms. The van der Waals surface area contributed by atoms with Crippen LogP contribution in [0.25, 0.3) is 21.9 Å². The number of hydrogen-bond acceptors (Lipinski definition) is 26. The quantitative estimate of drug-likeness (QED) is 0.0160. The number of carbonyl (C=O) groups excluding carboxylic acids is 13.